The number of carboxylic acid groups (broad SMARTS) is 1. The largest absolute Gasteiger partial charge is 0.481 e. The topological polar surface area (TPSA) is 70.5 Å². The van der Waals surface area contributed by atoms with Gasteiger partial charge in [0.05, 0.1) is 16.0 Å². The molecule has 2 rings (SSSR count). The lowest BCUT2D eigenvalue weighted by atomic mass is 9.76. The molecule has 0 saturated carbocycles. The summed E-state index contributed by atoms with van der Waals surface area (Å²) >= 11 is 6.03. The number of aromatic nitrogens is 1. The zero-order valence-electron chi connectivity index (χ0n) is 12.0. The van der Waals surface area contributed by atoms with Crippen LogP contribution in [0.5, 0.6) is 0 Å². The number of halogens is 1. The molecule has 5 nitrogen and oxygen atoms in total. The Morgan fingerprint density at radius 2 is 2.29 bits per heavy atom. The molecule has 1 aliphatic rings. The Morgan fingerprint density at radius 1 is 1.52 bits per heavy atom. The lowest BCUT2D eigenvalue weighted by molar-refractivity contribution is -0.152. The van der Waals surface area contributed by atoms with Crippen molar-refractivity contribution in [1.29, 1.82) is 0 Å². The van der Waals surface area contributed by atoms with Crippen LogP contribution in [0.1, 0.15) is 43.0 Å². The monoisotopic (exact) mass is 310 g/mol. The van der Waals surface area contributed by atoms with Gasteiger partial charge >= 0.3 is 5.97 Å². The number of likely N-dealkylation sites (tertiary alicyclic amines) is 1. The minimum atomic E-state index is -0.836. The van der Waals surface area contributed by atoms with E-state index in [-0.39, 0.29) is 12.5 Å². The van der Waals surface area contributed by atoms with Gasteiger partial charge in [-0.3, -0.25) is 14.6 Å². The van der Waals surface area contributed by atoms with E-state index in [1.807, 2.05) is 6.92 Å². The highest BCUT2D eigenvalue weighted by molar-refractivity contribution is 6.33. The van der Waals surface area contributed by atoms with Gasteiger partial charge in [-0.25, -0.2) is 0 Å². The summed E-state index contributed by atoms with van der Waals surface area (Å²) in [5.41, 5.74) is -0.506. The first-order valence-corrected chi connectivity index (χ1v) is 7.50. The van der Waals surface area contributed by atoms with Crippen molar-refractivity contribution in [3.05, 3.63) is 29.0 Å². The van der Waals surface area contributed by atoms with E-state index in [2.05, 4.69) is 4.98 Å². The summed E-state index contributed by atoms with van der Waals surface area (Å²) < 4.78 is 0. The van der Waals surface area contributed by atoms with E-state index in [0.717, 1.165) is 6.42 Å². The normalized spacial score (nSPS) is 22.1. The van der Waals surface area contributed by atoms with Crippen molar-refractivity contribution in [2.45, 2.75) is 32.6 Å². The number of carboxylic acids is 1. The van der Waals surface area contributed by atoms with Gasteiger partial charge in [0.25, 0.3) is 5.91 Å². The highest BCUT2D eigenvalue weighted by Gasteiger charge is 2.43. The van der Waals surface area contributed by atoms with E-state index in [4.69, 9.17) is 11.6 Å². The summed E-state index contributed by atoms with van der Waals surface area (Å²) in [5, 5.41) is 9.91. The number of nitrogens with zero attached hydrogens (tertiary/aromatic N) is 2. The molecule has 0 radical (unpaired) electrons. The van der Waals surface area contributed by atoms with Crippen LogP contribution in [0.3, 0.4) is 0 Å². The number of amides is 1. The van der Waals surface area contributed by atoms with Gasteiger partial charge in [-0.1, -0.05) is 24.9 Å². The number of hydrogen-bond donors (Lipinski definition) is 1. The zero-order chi connectivity index (χ0) is 15.5. The molecule has 0 spiro atoms. The minimum Gasteiger partial charge on any atom is -0.481 e. The van der Waals surface area contributed by atoms with Gasteiger partial charge in [-0.2, -0.15) is 0 Å². The number of carbonyl (C=O) groups is 2. The number of piperidine rings is 1. The molecule has 1 unspecified atom stereocenters. The maximum absolute atomic E-state index is 12.5. The molecule has 1 N–H and O–H groups in total. The Hall–Kier alpha value is -1.62. The van der Waals surface area contributed by atoms with Crippen molar-refractivity contribution in [2.24, 2.45) is 5.41 Å². The molecular weight excluding hydrogens is 292 g/mol. The molecule has 1 atom stereocenters. The van der Waals surface area contributed by atoms with Crippen LogP contribution in [0.2, 0.25) is 5.02 Å². The van der Waals surface area contributed by atoms with Crippen LogP contribution in [0.15, 0.2) is 18.5 Å². The summed E-state index contributed by atoms with van der Waals surface area (Å²) in [5.74, 6) is -1.06. The Labute approximate surface area is 128 Å². The van der Waals surface area contributed by atoms with E-state index >= 15 is 0 Å². The second-order valence-electron chi connectivity index (χ2n) is 5.52. The van der Waals surface area contributed by atoms with E-state index in [0.29, 0.717) is 36.4 Å². The van der Waals surface area contributed by atoms with Crippen molar-refractivity contribution >= 4 is 23.5 Å². The fraction of sp³-hybridized carbons (Fsp3) is 0.533. The number of hydrogen-bond acceptors (Lipinski definition) is 3. The van der Waals surface area contributed by atoms with Gasteiger partial charge < -0.3 is 10.0 Å². The molecule has 6 heteroatoms. The molecule has 1 amide bonds. The number of pyridine rings is 1. The molecule has 1 aromatic rings. The van der Waals surface area contributed by atoms with Gasteiger partial charge in [0, 0.05) is 25.5 Å². The zero-order valence-corrected chi connectivity index (χ0v) is 12.8. The van der Waals surface area contributed by atoms with Crippen LogP contribution < -0.4 is 0 Å². The maximum atomic E-state index is 12.5. The lowest BCUT2D eigenvalue weighted by Gasteiger charge is -2.40. The van der Waals surface area contributed by atoms with Crippen LogP contribution in [0.4, 0.5) is 0 Å². The minimum absolute atomic E-state index is 0.236. The third kappa shape index (κ3) is 3.18. The first kappa shape index (κ1) is 15.8. The molecule has 1 aliphatic heterocycles. The van der Waals surface area contributed by atoms with Crippen LogP contribution in [-0.2, 0) is 4.79 Å². The predicted octanol–water partition coefficient (Wildman–Crippen LogP) is 2.84. The molecule has 21 heavy (non-hydrogen) atoms. The number of aliphatic carboxylic acids is 1. The summed E-state index contributed by atoms with van der Waals surface area (Å²) in [6.07, 6.45) is 5.61. The second kappa shape index (κ2) is 6.43. The van der Waals surface area contributed by atoms with Gasteiger partial charge in [0.1, 0.15) is 0 Å². The van der Waals surface area contributed by atoms with Gasteiger partial charge in [0.2, 0.25) is 0 Å². The van der Waals surface area contributed by atoms with Gasteiger partial charge in [-0.15, -0.1) is 0 Å². The van der Waals surface area contributed by atoms with Crippen LogP contribution in [0, 0.1) is 5.41 Å². The summed E-state index contributed by atoms with van der Waals surface area (Å²) in [4.78, 5) is 29.7. The van der Waals surface area contributed by atoms with Crippen molar-refractivity contribution in [3.8, 4) is 0 Å². The molecule has 1 fully saturated rings. The summed E-state index contributed by atoms with van der Waals surface area (Å²) in [6.45, 7) is 2.76. The maximum Gasteiger partial charge on any atom is 0.311 e. The highest BCUT2D eigenvalue weighted by atomic mass is 35.5. The fourth-order valence-electron chi connectivity index (χ4n) is 2.97. The molecule has 0 bridgehead atoms. The summed E-state index contributed by atoms with van der Waals surface area (Å²) in [7, 11) is 0. The van der Waals surface area contributed by atoms with E-state index in [9.17, 15) is 14.7 Å². The van der Waals surface area contributed by atoms with E-state index in [1.165, 1.54) is 12.4 Å². The van der Waals surface area contributed by atoms with Crippen LogP contribution in [-0.4, -0.2) is 40.0 Å². The SMILES string of the molecule is CCCC1(C(=O)O)CCCN(C(=O)c2cnccc2Cl)C1. The van der Waals surface area contributed by atoms with Crippen LogP contribution in [0.25, 0.3) is 0 Å². The number of rotatable bonds is 4. The Morgan fingerprint density at radius 3 is 2.90 bits per heavy atom. The average Bonchev–Trinajstić information content (AvgIpc) is 2.47. The fourth-order valence-corrected chi connectivity index (χ4v) is 3.16. The van der Waals surface area contributed by atoms with Gasteiger partial charge in [-0.05, 0) is 25.3 Å². The second-order valence-corrected chi connectivity index (χ2v) is 5.93. The first-order valence-electron chi connectivity index (χ1n) is 7.12. The van der Waals surface area contributed by atoms with Crippen molar-refractivity contribution < 1.29 is 14.7 Å². The lowest BCUT2D eigenvalue weighted by Crippen LogP contribution is -2.50. The Bertz CT molecular complexity index is 545. The van der Waals surface area contributed by atoms with E-state index < -0.39 is 11.4 Å². The quantitative estimate of drug-likeness (QED) is 0.928. The Balaban J connectivity index is 2.23. The first-order chi connectivity index (χ1) is 10.00. The molecule has 1 aromatic heterocycles. The third-order valence-corrected chi connectivity index (χ3v) is 4.37. The van der Waals surface area contributed by atoms with Crippen molar-refractivity contribution in [1.82, 2.24) is 9.88 Å². The standard InChI is InChI=1S/C15H19ClN2O3/c1-2-5-15(14(20)21)6-3-8-18(10-15)13(19)11-9-17-7-4-12(11)16/h4,7,9H,2-3,5-6,8,10H2,1H3,(H,20,21). The molecule has 0 aromatic carbocycles. The average molecular weight is 311 g/mol. The van der Waals surface area contributed by atoms with Crippen molar-refractivity contribution in [3.63, 3.8) is 0 Å². The predicted molar refractivity (Wildman–Crippen MR) is 79.4 cm³/mol. The molecular formula is C15H19ClN2O3. The van der Waals surface area contributed by atoms with E-state index in [1.54, 1.807) is 11.0 Å². The third-order valence-electron chi connectivity index (χ3n) is 4.04. The Kier molecular flexibility index (Phi) is 4.83. The van der Waals surface area contributed by atoms with Gasteiger partial charge in [0.15, 0.2) is 0 Å². The van der Waals surface area contributed by atoms with Crippen molar-refractivity contribution in [2.75, 3.05) is 13.1 Å². The summed E-state index contributed by atoms with van der Waals surface area (Å²) in [6, 6.07) is 1.56. The molecule has 1 saturated heterocycles. The molecule has 114 valence electrons. The number of carbonyl (C=O) groups excluding carboxylic acids is 1. The smallest absolute Gasteiger partial charge is 0.311 e. The highest BCUT2D eigenvalue weighted by Crippen LogP contribution is 2.35. The van der Waals surface area contributed by atoms with Crippen LogP contribution >= 0.6 is 11.6 Å². The molecule has 2 heterocycles. The molecule has 0 aliphatic carbocycles.